The summed E-state index contributed by atoms with van der Waals surface area (Å²) in [4.78, 5) is 29.8. The molecule has 0 spiro atoms. The first-order valence-corrected chi connectivity index (χ1v) is 6.99. The average Bonchev–Trinajstić information content (AvgIpc) is 2.99. The van der Waals surface area contributed by atoms with Gasteiger partial charge in [0.05, 0.1) is 11.4 Å². The van der Waals surface area contributed by atoms with Crippen molar-refractivity contribution in [3.05, 3.63) is 52.5 Å². The number of carbonyl (C=O) groups is 2. The van der Waals surface area contributed by atoms with Crippen molar-refractivity contribution in [1.82, 2.24) is 15.2 Å². The second-order valence-electron chi connectivity index (χ2n) is 4.27. The lowest BCUT2D eigenvalue weighted by Gasteiger charge is -2.17. The smallest absolute Gasteiger partial charge is 0.261 e. The monoisotopic (exact) mass is 289 g/mol. The first kappa shape index (κ1) is 14.2. The molecule has 0 saturated carbocycles. The van der Waals surface area contributed by atoms with E-state index in [-0.39, 0.29) is 18.4 Å². The number of rotatable bonds is 5. The zero-order valence-electron chi connectivity index (χ0n) is 11.1. The summed E-state index contributed by atoms with van der Waals surface area (Å²) >= 11 is 1.35. The summed E-state index contributed by atoms with van der Waals surface area (Å²) in [6.07, 6.45) is 3.40. The van der Waals surface area contributed by atoms with Gasteiger partial charge >= 0.3 is 0 Å². The van der Waals surface area contributed by atoms with Crippen LogP contribution in [0.2, 0.25) is 0 Å². The van der Waals surface area contributed by atoms with Gasteiger partial charge in [-0.3, -0.25) is 14.6 Å². The van der Waals surface area contributed by atoms with Gasteiger partial charge in [0, 0.05) is 26.0 Å². The molecule has 0 aromatic carbocycles. The molecule has 0 atom stereocenters. The number of likely N-dealkylation sites (N-methyl/N-ethyl adjacent to an activating group) is 1. The summed E-state index contributed by atoms with van der Waals surface area (Å²) in [6.45, 7) is 0.467. The molecule has 0 radical (unpaired) electrons. The molecular weight excluding hydrogens is 274 g/mol. The molecule has 2 aromatic rings. The molecule has 104 valence electrons. The number of thiophene rings is 1. The molecule has 20 heavy (non-hydrogen) atoms. The molecule has 2 rings (SSSR count). The van der Waals surface area contributed by atoms with Crippen molar-refractivity contribution in [3.63, 3.8) is 0 Å². The fourth-order valence-corrected chi connectivity index (χ4v) is 2.28. The summed E-state index contributed by atoms with van der Waals surface area (Å²) < 4.78 is 0. The lowest BCUT2D eigenvalue weighted by Crippen LogP contribution is -2.37. The maximum Gasteiger partial charge on any atom is 0.261 e. The number of pyridine rings is 1. The molecule has 0 bridgehead atoms. The second-order valence-corrected chi connectivity index (χ2v) is 5.22. The van der Waals surface area contributed by atoms with Gasteiger partial charge in [-0.1, -0.05) is 12.1 Å². The minimum Gasteiger partial charge on any atom is -0.342 e. The highest BCUT2D eigenvalue weighted by Gasteiger charge is 2.12. The Labute approximate surface area is 121 Å². The highest BCUT2D eigenvalue weighted by Crippen LogP contribution is 2.07. The average molecular weight is 289 g/mol. The first-order chi connectivity index (χ1) is 9.66. The molecule has 2 amide bonds. The Balaban J connectivity index is 1.81. The van der Waals surface area contributed by atoms with Gasteiger partial charge in [0.2, 0.25) is 5.91 Å². The van der Waals surface area contributed by atoms with Crippen LogP contribution in [0.1, 0.15) is 15.2 Å². The van der Waals surface area contributed by atoms with Crippen LogP contribution < -0.4 is 5.32 Å². The summed E-state index contributed by atoms with van der Waals surface area (Å²) in [5.74, 6) is -0.359. The van der Waals surface area contributed by atoms with E-state index >= 15 is 0 Å². The molecule has 5 nitrogen and oxygen atoms in total. The van der Waals surface area contributed by atoms with Gasteiger partial charge in [-0.05, 0) is 23.1 Å². The number of aromatic nitrogens is 1. The highest BCUT2D eigenvalue weighted by atomic mass is 32.1. The lowest BCUT2D eigenvalue weighted by atomic mass is 10.2. The van der Waals surface area contributed by atoms with E-state index in [9.17, 15) is 9.59 Å². The van der Waals surface area contributed by atoms with Crippen LogP contribution in [-0.2, 0) is 11.3 Å². The molecule has 6 heteroatoms. The molecule has 2 heterocycles. The maximum atomic E-state index is 11.9. The lowest BCUT2D eigenvalue weighted by molar-refractivity contribution is -0.129. The Morgan fingerprint density at radius 2 is 2.20 bits per heavy atom. The van der Waals surface area contributed by atoms with Crippen molar-refractivity contribution in [2.45, 2.75) is 6.54 Å². The number of amides is 2. The van der Waals surface area contributed by atoms with E-state index in [2.05, 4.69) is 10.3 Å². The third kappa shape index (κ3) is 3.89. The van der Waals surface area contributed by atoms with Crippen LogP contribution in [-0.4, -0.2) is 35.3 Å². The van der Waals surface area contributed by atoms with Crippen molar-refractivity contribution in [3.8, 4) is 0 Å². The molecule has 0 fully saturated rings. The van der Waals surface area contributed by atoms with Gasteiger partial charge in [0.25, 0.3) is 5.91 Å². The zero-order chi connectivity index (χ0) is 14.4. The van der Waals surface area contributed by atoms with E-state index in [1.165, 1.54) is 11.3 Å². The molecule has 0 aliphatic rings. The van der Waals surface area contributed by atoms with Crippen molar-refractivity contribution >= 4 is 23.2 Å². The largest absolute Gasteiger partial charge is 0.342 e. The minimum atomic E-state index is -0.219. The molecule has 0 aliphatic carbocycles. The quantitative estimate of drug-likeness (QED) is 0.908. The van der Waals surface area contributed by atoms with Crippen LogP contribution in [0, 0.1) is 0 Å². The molecular formula is C14H15N3O2S. The van der Waals surface area contributed by atoms with Crippen molar-refractivity contribution in [2.75, 3.05) is 13.6 Å². The van der Waals surface area contributed by atoms with E-state index in [4.69, 9.17) is 0 Å². The summed E-state index contributed by atoms with van der Waals surface area (Å²) in [5.41, 5.74) is 0.952. The summed E-state index contributed by atoms with van der Waals surface area (Å²) in [5, 5.41) is 4.44. The van der Waals surface area contributed by atoms with E-state index in [0.29, 0.717) is 11.4 Å². The van der Waals surface area contributed by atoms with Gasteiger partial charge in [0.15, 0.2) is 0 Å². The fraction of sp³-hybridized carbons (Fsp3) is 0.214. The van der Waals surface area contributed by atoms with Crippen molar-refractivity contribution in [1.29, 1.82) is 0 Å². The minimum absolute atomic E-state index is 0.00645. The van der Waals surface area contributed by atoms with Crippen LogP contribution in [0.3, 0.4) is 0 Å². The number of nitrogens with zero attached hydrogens (tertiary/aromatic N) is 2. The summed E-state index contributed by atoms with van der Waals surface area (Å²) in [6, 6.07) is 7.26. The third-order valence-electron chi connectivity index (χ3n) is 2.71. The molecule has 0 unspecified atom stereocenters. The first-order valence-electron chi connectivity index (χ1n) is 6.11. The Kier molecular flexibility index (Phi) is 4.84. The van der Waals surface area contributed by atoms with Crippen LogP contribution in [0.5, 0.6) is 0 Å². The zero-order valence-corrected chi connectivity index (χ0v) is 11.9. The molecule has 2 aromatic heterocycles. The third-order valence-corrected chi connectivity index (χ3v) is 3.58. The Hall–Kier alpha value is -2.21. The van der Waals surface area contributed by atoms with Gasteiger partial charge in [-0.15, -0.1) is 11.3 Å². The normalized spacial score (nSPS) is 10.1. The predicted molar refractivity (Wildman–Crippen MR) is 77.4 cm³/mol. The SMILES string of the molecule is CN(Cc1cccnc1)C(=O)CNC(=O)c1cccs1. The van der Waals surface area contributed by atoms with Gasteiger partial charge in [0.1, 0.15) is 0 Å². The highest BCUT2D eigenvalue weighted by molar-refractivity contribution is 7.12. The second kappa shape index (κ2) is 6.81. The number of nitrogens with one attached hydrogen (secondary N) is 1. The van der Waals surface area contributed by atoms with Gasteiger partial charge in [-0.25, -0.2) is 0 Å². The molecule has 0 saturated heterocycles. The standard InChI is InChI=1S/C14H15N3O2S/c1-17(10-11-4-2-6-15-8-11)13(18)9-16-14(19)12-5-3-7-20-12/h2-8H,9-10H2,1H3,(H,16,19). The van der Waals surface area contributed by atoms with Crippen LogP contribution >= 0.6 is 11.3 Å². The Bertz CT molecular complexity index is 569. The number of hydrogen-bond donors (Lipinski definition) is 1. The van der Waals surface area contributed by atoms with Crippen LogP contribution in [0.4, 0.5) is 0 Å². The maximum absolute atomic E-state index is 11.9. The van der Waals surface area contributed by atoms with Gasteiger partial charge in [-0.2, -0.15) is 0 Å². The Morgan fingerprint density at radius 1 is 1.35 bits per heavy atom. The fourth-order valence-electron chi connectivity index (χ4n) is 1.64. The van der Waals surface area contributed by atoms with Crippen LogP contribution in [0.15, 0.2) is 42.0 Å². The van der Waals surface area contributed by atoms with Crippen molar-refractivity contribution in [2.24, 2.45) is 0 Å². The topological polar surface area (TPSA) is 62.3 Å². The van der Waals surface area contributed by atoms with E-state index in [1.807, 2.05) is 17.5 Å². The van der Waals surface area contributed by atoms with Gasteiger partial charge < -0.3 is 10.2 Å². The Morgan fingerprint density at radius 3 is 2.85 bits per heavy atom. The van der Waals surface area contributed by atoms with Crippen LogP contribution in [0.25, 0.3) is 0 Å². The summed E-state index contributed by atoms with van der Waals surface area (Å²) in [7, 11) is 1.70. The van der Waals surface area contributed by atoms with E-state index < -0.39 is 0 Å². The predicted octanol–water partition coefficient (Wildman–Crippen LogP) is 1.53. The molecule has 0 aliphatic heterocycles. The van der Waals surface area contributed by atoms with Crippen molar-refractivity contribution < 1.29 is 9.59 Å². The van der Waals surface area contributed by atoms with E-state index in [0.717, 1.165) is 5.56 Å². The molecule has 1 N–H and O–H groups in total. The number of hydrogen-bond acceptors (Lipinski definition) is 4. The number of carbonyl (C=O) groups excluding carboxylic acids is 2. The van der Waals surface area contributed by atoms with E-state index in [1.54, 1.807) is 36.5 Å².